The van der Waals surface area contributed by atoms with Gasteiger partial charge in [0.1, 0.15) is 13.2 Å². The highest BCUT2D eigenvalue weighted by Crippen LogP contribution is 2.30. The van der Waals surface area contributed by atoms with Crippen LogP contribution >= 0.6 is 0 Å². The lowest BCUT2D eigenvalue weighted by Gasteiger charge is -2.19. The van der Waals surface area contributed by atoms with Crippen molar-refractivity contribution in [2.24, 2.45) is 0 Å². The highest BCUT2D eigenvalue weighted by atomic mass is 32.2. The van der Waals surface area contributed by atoms with Gasteiger partial charge >= 0.3 is 0 Å². The van der Waals surface area contributed by atoms with Crippen LogP contribution < -0.4 is 14.8 Å². The maximum absolute atomic E-state index is 12.4. The van der Waals surface area contributed by atoms with Crippen molar-refractivity contribution in [3.8, 4) is 11.5 Å². The summed E-state index contributed by atoms with van der Waals surface area (Å²) in [6.45, 7) is 3.10. The number of amides is 1. The van der Waals surface area contributed by atoms with Gasteiger partial charge in [-0.3, -0.25) is 4.79 Å². The van der Waals surface area contributed by atoms with Crippen molar-refractivity contribution in [1.29, 1.82) is 0 Å². The van der Waals surface area contributed by atoms with Crippen LogP contribution in [0.2, 0.25) is 0 Å². The minimum Gasteiger partial charge on any atom is -0.486 e. The third-order valence-electron chi connectivity index (χ3n) is 3.94. The van der Waals surface area contributed by atoms with Gasteiger partial charge in [-0.2, -0.15) is 0 Å². The molecule has 0 atom stereocenters. The lowest BCUT2D eigenvalue weighted by atomic mass is 10.1. The van der Waals surface area contributed by atoms with Crippen molar-refractivity contribution in [1.82, 2.24) is 5.32 Å². The van der Waals surface area contributed by atoms with Crippen molar-refractivity contribution in [3.05, 3.63) is 53.1 Å². The average Bonchev–Trinajstić information content (AvgIpc) is 2.59. The van der Waals surface area contributed by atoms with E-state index in [2.05, 4.69) is 5.32 Å². The highest BCUT2D eigenvalue weighted by Gasteiger charge is 2.15. The monoisotopic (exact) mass is 361 g/mol. The first kappa shape index (κ1) is 17.3. The van der Waals surface area contributed by atoms with Crippen LogP contribution in [0.5, 0.6) is 11.5 Å². The molecule has 0 bridgehead atoms. The largest absolute Gasteiger partial charge is 0.486 e. The van der Waals surface area contributed by atoms with Gasteiger partial charge in [-0.25, -0.2) is 8.42 Å². The topological polar surface area (TPSA) is 81.7 Å². The maximum atomic E-state index is 12.4. The van der Waals surface area contributed by atoms with Crippen molar-refractivity contribution >= 4 is 15.7 Å². The molecule has 2 aromatic rings. The van der Waals surface area contributed by atoms with Crippen molar-refractivity contribution < 1.29 is 22.7 Å². The second-order valence-corrected chi connectivity index (χ2v) is 7.93. The molecule has 1 amide bonds. The molecule has 25 heavy (non-hydrogen) atoms. The zero-order chi connectivity index (χ0) is 18.0. The number of carbonyl (C=O) groups is 1. The SMILES string of the molecule is Cc1ccc(S(C)(=O)=O)cc1C(=O)NCc1ccc2c(c1)OCCO2. The molecule has 1 aliphatic rings. The van der Waals surface area contributed by atoms with Gasteiger partial charge in [-0.05, 0) is 42.3 Å². The van der Waals surface area contributed by atoms with Crippen LogP contribution in [0, 0.1) is 6.92 Å². The molecule has 0 fully saturated rings. The Bertz CT molecular complexity index is 921. The smallest absolute Gasteiger partial charge is 0.251 e. The second-order valence-electron chi connectivity index (χ2n) is 5.91. The molecule has 1 N–H and O–H groups in total. The number of carbonyl (C=O) groups excluding carboxylic acids is 1. The standard InChI is InChI=1S/C18H19NO5S/c1-12-3-5-14(25(2,21)22)10-15(12)18(20)19-11-13-4-6-16-17(9-13)24-8-7-23-16/h3-6,9-10H,7-8,11H2,1-2H3,(H,19,20). The molecule has 0 saturated carbocycles. The van der Waals surface area contributed by atoms with Gasteiger partial charge in [0, 0.05) is 18.4 Å². The molecule has 7 heteroatoms. The predicted molar refractivity (Wildman–Crippen MR) is 92.9 cm³/mol. The normalized spacial score (nSPS) is 13.4. The quantitative estimate of drug-likeness (QED) is 0.902. The highest BCUT2D eigenvalue weighted by molar-refractivity contribution is 7.90. The molecule has 132 valence electrons. The van der Waals surface area contributed by atoms with Gasteiger partial charge in [-0.15, -0.1) is 0 Å². The summed E-state index contributed by atoms with van der Waals surface area (Å²) in [6.07, 6.45) is 1.12. The number of hydrogen-bond donors (Lipinski definition) is 1. The number of sulfone groups is 1. The molecule has 0 unspecified atom stereocenters. The molecular weight excluding hydrogens is 342 g/mol. The Kier molecular flexibility index (Phi) is 4.67. The van der Waals surface area contributed by atoms with E-state index in [0.717, 1.165) is 11.8 Å². The summed E-state index contributed by atoms with van der Waals surface area (Å²) in [6, 6.07) is 10.0. The van der Waals surface area contributed by atoms with Crippen LogP contribution in [0.1, 0.15) is 21.5 Å². The zero-order valence-corrected chi connectivity index (χ0v) is 14.9. The summed E-state index contributed by atoms with van der Waals surface area (Å²) in [4.78, 5) is 12.6. The summed E-state index contributed by atoms with van der Waals surface area (Å²) in [5.74, 6) is 1.03. The second kappa shape index (κ2) is 6.76. The van der Waals surface area contributed by atoms with E-state index in [0.29, 0.717) is 42.4 Å². The Morgan fingerprint density at radius 3 is 2.52 bits per heavy atom. The molecular formula is C18H19NO5S. The van der Waals surface area contributed by atoms with Gasteiger partial charge in [0.15, 0.2) is 21.3 Å². The molecule has 3 rings (SSSR count). The fraction of sp³-hybridized carbons (Fsp3) is 0.278. The van der Waals surface area contributed by atoms with Crippen molar-refractivity contribution in [2.75, 3.05) is 19.5 Å². The zero-order valence-electron chi connectivity index (χ0n) is 14.0. The number of ether oxygens (including phenoxy) is 2. The number of fused-ring (bicyclic) bond motifs is 1. The summed E-state index contributed by atoms with van der Waals surface area (Å²) in [7, 11) is -3.36. The summed E-state index contributed by atoms with van der Waals surface area (Å²) in [5, 5.41) is 2.81. The van der Waals surface area contributed by atoms with E-state index in [1.807, 2.05) is 18.2 Å². The predicted octanol–water partition coefficient (Wildman–Crippen LogP) is 2.10. The van der Waals surface area contributed by atoms with Crippen LogP contribution in [0.4, 0.5) is 0 Å². The Hall–Kier alpha value is -2.54. The average molecular weight is 361 g/mol. The van der Waals surface area contributed by atoms with E-state index >= 15 is 0 Å². The van der Waals surface area contributed by atoms with E-state index < -0.39 is 9.84 Å². The minimum atomic E-state index is -3.36. The molecule has 0 aliphatic carbocycles. The van der Waals surface area contributed by atoms with Gasteiger partial charge < -0.3 is 14.8 Å². The number of nitrogens with one attached hydrogen (secondary N) is 1. The first-order valence-corrected chi connectivity index (χ1v) is 9.71. The van der Waals surface area contributed by atoms with Crippen LogP contribution in [0.3, 0.4) is 0 Å². The summed E-state index contributed by atoms with van der Waals surface area (Å²) in [5.41, 5.74) is 1.93. The lowest BCUT2D eigenvalue weighted by Crippen LogP contribution is -2.24. The maximum Gasteiger partial charge on any atom is 0.251 e. The number of benzene rings is 2. The van der Waals surface area contributed by atoms with Gasteiger partial charge in [0.05, 0.1) is 4.90 Å². The molecule has 1 heterocycles. The molecule has 0 radical (unpaired) electrons. The van der Waals surface area contributed by atoms with Crippen LogP contribution in [-0.4, -0.2) is 33.8 Å². The van der Waals surface area contributed by atoms with E-state index in [-0.39, 0.29) is 10.8 Å². The number of aryl methyl sites for hydroxylation is 1. The first-order valence-electron chi connectivity index (χ1n) is 7.82. The van der Waals surface area contributed by atoms with E-state index in [1.54, 1.807) is 13.0 Å². The Morgan fingerprint density at radius 1 is 1.08 bits per heavy atom. The molecule has 2 aromatic carbocycles. The van der Waals surface area contributed by atoms with Crippen LogP contribution in [-0.2, 0) is 16.4 Å². The van der Waals surface area contributed by atoms with Gasteiger partial charge in [-0.1, -0.05) is 12.1 Å². The fourth-order valence-electron chi connectivity index (χ4n) is 2.55. The summed E-state index contributed by atoms with van der Waals surface area (Å²) < 4.78 is 34.3. The van der Waals surface area contributed by atoms with E-state index in [4.69, 9.17) is 9.47 Å². The number of hydrogen-bond acceptors (Lipinski definition) is 5. The Morgan fingerprint density at radius 2 is 1.80 bits per heavy atom. The Labute approximate surface area is 146 Å². The van der Waals surface area contributed by atoms with Gasteiger partial charge in [0.2, 0.25) is 0 Å². The van der Waals surface area contributed by atoms with E-state index in [9.17, 15) is 13.2 Å². The molecule has 1 aliphatic heterocycles. The molecule has 0 spiro atoms. The van der Waals surface area contributed by atoms with Crippen LogP contribution in [0.15, 0.2) is 41.3 Å². The van der Waals surface area contributed by atoms with Gasteiger partial charge in [0.25, 0.3) is 5.91 Å². The first-order chi connectivity index (χ1) is 11.8. The summed E-state index contributed by atoms with van der Waals surface area (Å²) >= 11 is 0. The van der Waals surface area contributed by atoms with Crippen molar-refractivity contribution in [3.63, 3.8) is 0 Å². The Balaban J connectivity index is 1.75. The third-order valence-corrected chi connectivity index (χ3v) is 5.05. The minimum absolute atomic E-state index is 0.127. The number of rotatable bonds is 4. The molecule has 6 nitrogen and oxygen atoms in total. The van der Waals surface area contributed by atoms with E-state index in [1.165, 1.54) is 12.1 Å². The lowest BCUT2D eigenvalue weighted by molar-refractivity contribution is 0.0950. The van der Waals surface area contributed by atoms with Crippen molar-refractivity contribution in [2.45, 2.75) is 18.4 Å². The van der Waals surface area contributed by atoms with Crippen LogP contribution in [0.25, 0.3) is 0 Å². The fourth-order valence-corrected chi connectivity index (χ4v) is 3.20. The third kappa shape index (κ3) is 3.93. The molecule has 0 saturated heterocycles. The molecule has 0 aromatic heterocycles.